The summed E-state index contributed by atoms with van der Waals surface area (Å²) in [6.07, 6.45) is 7.74. The Labute approximate surface area is 224 Å². The molecule has 1 unspecified atom stereocenters. The first-order chi connectivity index (χ1) is 18.5. The summed E-state index contributed by atoms with van der Waals surface area (Å²) in [5.74, 6) is 0.709. The van der Waals surface area contributed by atoms with Crippen LogP contribution in [0.25, 0.3) is 0 Å². The van der Waals surface area contributed by atoms with E-state index in [9.17, 15) is 15.0 Å². The largest absolute Gasteiger partial charge is 0.504 e. The van der Waals surface area contributed by atoms with Crippen LogP contribution >= 0.6 is 0 Å². The van der Waals surface area contributed by atoms with Crippen molar-refractivity contribution in [2.45, 2.75) is 80.6 Å². The van der Waals surface area contributed by atoms with Crippen molar-refractivity contribution in [1.29, 1.82) is 0 Å². The Bertz CT molecular complexity index is 1220. The molecule has 3 fully saturated rings. The minimum Gasteiger partial charge on any atom is -0.504 e. The van der Waals surface area contributed by atoms with Crippen LogP contribution in [0.2, 0.25) is 0 Å². The van der Waals surface area contributed by atoms with Crippen LogP contribution in [0.1, 0.15) is 55.2 Å². The summed E-state index contributed by atoms with van der Waals surface area (Å²) in [5.41, 5.74) is 2.89. The van der Waals surface area contributed by atoms with Gasteiger partial charge in [-0.2, -0.15) is 0 Å². The zero-order valence-electron chi connectivity index (χ0n) is 21.9. The lowest BCUT2D eigenvalue weighted by Gasteiger charge is -2.66. The lowest BCUT2D eigenvalue weighted by molar-refractivity contribution is -0.220. The van der Waals surface area contributed by atoms with E-state index < -0.39 is 17.0 Å². The molecule has 2 bridgehead atoms. The third-order valence-electron chi connectivity index (χ3n) is 10.1. The minimum atomic E-state index is -0.865. The van der Waals surface area contributed by atoms with Crippen molar-refractivity contribution in [1.82, 2.24) is 10.2 Å². The number of phenols is 1. The predicted octanol–water partition coefficient (Wildman–Crippen LogP) is 3.66. The standard InChI is InChI=1S/C31H38N2O5/c34-24-11-10-22-17-25-31(37-16-4-7-20-5-2-1-3-6-20)13-12-23(32-18-26(35)36)29-30(31,27(22)28(24)38-29)14-15-33(25)19-21-8-9-21/h1-3,5-6,10-11,21,23,25,29,32,34H,4,7-9,12-19H2,(H,35,36)/t23-,25?,29+,30+,31-/m1/s1. The number of aliphatic carboxylic acids is 1. The van der Waals surface area contributed by atoms with E-state index in [2.05, 4.69) is 46.6 Å². The monoisotopic (exact) mass is 518 g/mol. The number of carboxylic acids is 1. The maximum Gasteiger partial charge on any atom is 0.317 e. The fourth-order valence-corrected chi connectivity index (χ4v) is 8.35. The average molecular weight is 519 g/mol. The van der Waals surface area contributed by atoms with Gasteiger partial charge in [-0.3, -0.25) is 9.69 Å². The first kappa shape index (κ1) is 24.4. The van der Waals surface area contributed by atoms with Gasteiger partial charge >= 0.3 is 5.97 Å². The summed E-state index contributed by atoms with van der Waals surface area (Å²) < 4.78 is 13.9. The zero-order valence-corrected chi connectivity index (χ0v) is 21.9. The Morgan fingerprint density at radius 3 is 2.76 bits per heavy atom. The second-order valence-corrected chi connectivity index (χ2v) is 12.1. The topological polar surface area (TPSA) is 91.3 Å². The molecule has 7 nitrogen and oxygen atoms in total. The van der Waals surface area contributed by atoms with Crippen molar-refractivity contribution in [3.8, 4) is 11.5 Å². The molecule has 0 aromatic heterocycles. The first-order valence-corrected chi connectivity index (χ1v) is 14.4. The molecular formula is C31H38N2O5. The van der Waals surface area contributed by atoms with E-state index in [4.69, 9.17) is 9.47 Å². The van der Waals surface area contributed by atoms with Gasteiger partial charge in [0.05, 0.1) is 17.6 Å². The molecule has 5 aliphatic rings. The van der Waals surface area contributed by atoms with Gasteiger partial charge in [0, 0.05) is 30.8 Å². The molecule has 1 saturated heterocycles. The molecular weight excluding hydrogens is 480 g/mol. The second kappa shape index (κ2) is 9.25. The molecule has 0 amide bonds. The van der Waals surface area contributed by atoms with E-state index in [1.807, 2.05) is 0 Å². The zero-order chi connectivity index (χ0) is 25.9. The van der Waals surface area contributed by atoms with E-state index in [0.29, 0.717) is 12.4 Å². The highest BCUT2D eigenvalue weighted by molar-refractivity contribution is 5.69. The summed E-state index contributed by atoms with van der Waals surface area (Å²) in [6.45, 7) is 2.69. The SMILES string of the molecule is O=C(O)CN[C@@H]1CC[C@@]2(OCCCc3ccccc3)C3Cc4ccc(O)c5c4[C@@]2(CCN3CC2CC2)[C@H]1O5. The van der Waals surface area contributed by atoms with Crippen molar-refractivity contribution in [2.24, 2.45) is 5.92 Å². The van der Waals surface area contributed by atoms with Crippen molar-refractivity contribution >= 4 is 5.97 Å². The number of piperidine rings is 1. The van der Waals surface area contributed by atoms with Gasteiger partial charge in [-0.25, -0.2) is 0 Å². The molecule has 38 heavy (non-hydrogen) atoms. The van der Waals surface area contributed by atoms with Gasteiger partial charge in [-0.15, -0.1) is 0 Å². The van der Waals surface area contributed by atoms with E-state index in [1.165, 1.54) is 24.0 Å². The Balaban J connectivity index is 1.27. The fraction of sp³-hybridized carbons (Fsp3) is 0.581. The smallest absolute Gasteiger partial charge is 0.317 e. The maximum absolute atomic E-state index is 11.5. The van der Waals surface area contributed by atoms with Crippen LogP contribution in [-0.4, -0.2) is 71.1 Å². The summed E-state index contributed by atoms with van der Waals surface area (Å²) in [4.78, 5) is 14.2. The van der Waals surface area contributed by atoms with E-state index in [0.717, 1.165) is 63.1 Å². The van der Waals surface area contributed by atoms with Gasteiger partial charge in [0.15, 0.2) is 11.5 Å². The van der Waals surface area contributed by atoms with E-state index in [-0.39, 0.29) is 30.5 Å². The number of ether oxygens (including phenoxy) is 2. The lowest BCUT2D eigenvalue weighted by Crippen LogP contribution is -2.79. The maximum atomic E-state index is 11.5. The highest BCUT2D eigenvalue weighted by Crippen LogP contribution is 2.66. The summed E-state index contributed by atoms with van der Waals surface area (Å²) in [7, 11) is 0. The van der Waals surface area contributed by atoms with Crippen molar-refractivity contribution < 1.29 is 24.5 Å². The molecule has 3 N–H and O–H groups in total. The minimum absolute atomic E-state index is 0.0992. The molecule has 7 rings (SSSR count). The van der Waals surface area contributed by atoms with Gasteiger partial charge in [0.25, 0.3) is 0 Å². The van der Waals surface area contributed by atoms with Gasteiger partial charge < -0.3 is 25.0 Å². The molecule has 7 heteroatoms. The quantitative estimate of drug-likeness (QED) is 0.414. The van der Waals surface area contributed by atoms with Gasteiger partial charge in [0.2, 0.25) is 0 Å². The molecule has 3 aliphatic carbocycles. The Kier molecular flexibility index (Phi) is 5.95. The number of likely N-dealkylation sites (tertiary alicyclic amines) is 1. The number of nitrogens with zero attached hydrogens (tertiary/aromatic N) is 1. The number of hydrogen-bond acceptors (Lipinski definition) is 6. The van der Waals surface area contributed by atoms with Crippen LogP contribution in [0, 0.1) is 5.92 Å². The number of benzene rings is 2. The number of phenolic OH excluding ortho intramolecular Hbond substituents is 1. The average Bonchev–Trinajstić information content (AvgIpc) is 3.66. The van der Waals surface area contributed by atoms with Crippen molar-refractivity contribution in [2.75, 3.05) is 26.2 Å². The number of carboxylic acid groups (broad SMARTS) is 1. The molecule has 2 saturated carbocycles. The number of carbonyl (C=O) groups is 1. The van der Waals surface area contributed by atoms with Crippen LogP contribution in [-0.2, 0) is 27.8 Å². The summed E-state index contributed by atoms with van der Waals surface area (Å²) in [5, 5.41) is 23.6. The first-order valence-electron chi connectivity index (χ1n) is 14.4. The van der Waals surface area contributed by atoms with Crippen LogP contribution in [0.3, 0.4) is 0 Å². The van der Waals surface area contributed by atoms with Crippen LogP contribution < -0.4 is 10.1 Å². The van der Waals surface area contributed by atoms with Crippen LogP contribution in [0.15, 0.2) is 42.5 Å². The highest BCUT2D eigenvalue weighted by atomic mass is 16.5. The fourth-order valence-electron chi connectivity index (χ4n) is 8.35. The van der Waals surface area contributed by atoms with Gasteiger partial charge in [-0.1, -0.05) is 36.4 Å². The molecule has 2 aromatic carbocycles. The van der Waals surface area contributed by atoms with Crippen molar-refractivity contribution in [3.05, 3.63) is 59.2 Å². The van der Waals surface area contributed by atoms with E-state index in [1.54, 1.807) is 6.07 Å². The second-order valence-electron chi connectivity index (χ2n) is 12.1. The third-order valence-corrected chi connectivity index (χ3v) is 10.1. The number of aryl methyl sites for hydroxylation is 1. The normalized spacial score (nSPS) is 33.0. The van der Waals surface area contributed by atoms with Crippen LogP contribution in [0.4, 0.5) is 0 Å². The number of nitrogens with one attached hydrogen (secondary N) is 1. The van der Waals surface area contributed by atoms with Crippen molar-refractivity contribution in [3.63, 3.8) is 0 Å². The molecule has 2 heterocycles. The Morgan fingerprint density at radius 1 is 1.13 bits per heavy atom. The molecule has 2 aromatic rings. The van der Waals surface area contributed by atoms with Gasteiger partial charge in [-0.05, 0) is 81.0 Å². The van der Waals surface area contributed by atoms with Crippen LogP contribution in [0.5, 0.6) is 11.5 Å². The van der Waals surface area contributed by atoms with E-state index >= 15 is 0 Å². The summed E-state index contributed by atoms with van der Waals surface area (Å²) in [6, 6.07) is 14.6. The van der Waals surface area contributed by atoms with Gasteiger partial charge in [0.1, 0.15) is 6.10 Å². The number of hydrogen-bond donors (Lipinski definition) is 3. The molecule has 2 aliphatic heterocycles. The molecule has 1 spiro atoms. The number of rotatable bonds is 10. The Hall–Kier alpha value is -2.61. The summed E-state index contributed by atoms with van der Waals surface area (Å²) >= 11 is 0. The molecule has 0 radical (unpaired) electrons. The lowest BCUT2D eigenvalue weighted by atomic mass is 9.48. The predicted molar refractivity (Wildman–Crippen MR) is 143 cm³/mol. The molecule has 202 valence electrons. The molecule has 5 atom stereocenters. The Morgan fingerprint density at radius 2 is 1.97 bits per heavy atom. The highest BCUT2D eigenvalue weighted by Gasteiger charge is 2.74. The number of aromatic hydroxyl groups is 1. The third kappa shape index (κ3) is 3.69.